The molecule has 0 unspecified atom stereocenters. The van der Waals surface area contributed by atoms with Crippen LogP contribution in [-0.2, 0) is 14.8 Å². The van der Waals surface area contributed by atoms with Crippen molar-refractivity contribution < 1.29 is 17.6 Å². The molecular formula is C17H23N3O4S. The molecule has 0 spiro atoms. The molecule has 1 aromatic heterocycles. The van der Waals surface area contributed by atoms with Gasteiger partial charge in [0.05, 0.1) is 18.1 Å². The minimum atomic E-state index is -3.49. The second-order valence-corrected chi connectivity index (χ2v) is 7.75. The van der Waals surface area contributed by atoms with Crippen molar-refractivity contribution in [3.05, 3.63) is 36.4 Å². The van der Waals surface area contributed by atoms with E-state index in [2.05, 4.69) is 14.6 Å². The maximum atomic E-state index is 12.4. The standard InChI is InChI=1S/C17H23N3O4S/c1-14-19-17(13-24-14)15-3-5-16(6-4-15)25(21,22)18-7-2-8-20-9-11-23-12-10-20/h3-6,13,18H,2,7-12H2,1H3. The van der Waals surface area contributed by atoms with Gasteiger partial charge in [0, 0.05) is 32.1 Å². The first-order valence-corrected chi connectivity index (χ1v) is 9.85. The Labute approximate surface area is 148 Å². The number of nitrogens with one attached hydrogen (secondary N) is 1. The Hall–Kier alpha value is -1.74. The number of hydrogen-bond donors (Lipinski definition) is 1. The predicted molar refractivity (Wildman–Crippen MR) is 93.7 cm³/mol. The Bertz CT molecular complexity index is 780. The summed E-state index contributed by atoms with van der Waals surface area (Å²) in [5, 5.41) is 0. The number of aromatic nitrogens is 1. The first-order valence-electron chi connectivity index (χ1n) is 8.37. The van der Waals surface area contributed by atoms with E-state index in [0.717, 1.165) is 44.8 Å². The summed E-state index contributed by atoms with van der Waals surface area (Å²) in [6.45, 7) is 6.39. The minimum Gasteiger partial charge on any atom is -0.449 e. The zero-order valence-corrected chi connectivity index (χ0v) is 15.1. The van der Waals surface area contributed by atoms with Crippen LogP contribution in [0.1, 0.15) is 12.3 Å². The van der Waals surface area contributed by atoms with Crippen LogP contribution in [0.15, 0.2) is 39.8 Å². The van der Waals surface area contributed by atoms with Crippen molar-refractivity contribution in [2.45, 2.75) is 18.2 Å². The molecule has 0 aliphatic carbocycles. The fourth-order valence-electron chi connectivity index (χ4n) is 2.72. The van der Waals surface area contributed by atoms with Crippen LogP contribution in [0.3, 0.4) is 0 Å². The summed E-state index contributed by atoms with van der Waals surface area (Å²) in [6, 6.07) is 6.65. The number of nitrogens with zero attached hydrogens (tertiary/aromatic N) is 2. The van der Waals surface area contributed by atoms with Gasteiger partial charge in [-0.05, 0) is 25.1 Å². The number of rotatable bonds is 7. The Morgan fingerprint density at radius 1 is 1.20 bits per heavy atom. The summed E-state index contributed by atoms with van der Waals surface area (Å²) in [5.41, 5.74) is 1.52. The molecule has 0 amide bonds. The van der Waals surface area contributed by atoms with Crippen molar-refractivity contribution in [1.29, 1.82) is 0 Å². The average molecular weight is 365 g/mol. The molecule has 0 radical (unpaired) electrons. The summed E-state index contributed by atoms with van der Waals surface area (Å²) in [5.74, 6) is 0.577. The molecule has 25 heavy (non-hydrogen) atoms. The van der Waals surface area contributed by atoms with Crippen LogP contribution < -0.4 is 4.72 Å². The van der Waals surface area contributed by atoms with Crippen LogP contribution in [0, 0.1) is 6.92 Å². The van der Waals surface area contributed by atoms with Gasteiger partial charge in [0.15, 0.2) is 5.89 Å². The molecule has 8 heteroatoms. The number of oxazole rings is 1. The SMILES string of the molecule is Cc1nc(-c2ccc(S(=O)(=O)NCCCN3CCOCC3)cc2)co1. The Morgan fingerprint density at radius 3 is 2.56 bits per heavy atom. The van der Waals surface area contributed by atoms with E-state index in [4.69, 9.17) is 9.15 Å². The highest BCUT2D eigenvalue weighted by atomic mass is 32.2. The number of ether oxygens (including phenoxy) is 1. The van der Waals surface area contributed by atoms with E-state index in [0.29, 0.717) is 18.1 Å². The lowest BCUT2D eigenvalue weighted by Gasteiger charge is -2.26. The van der Waals surface area contributed by atoms with Gasteiger partial charge < -0.3 is 9.15 Å². The molecule has 2 heterocycles. The zero-order valence-electron chi connectivity index (χ0n) is 14.3. The Morgan fingerprint density at radius 2 is 1.92 bits per heavy atom. The smallest absolute Gasteiger partial charge is 0.240 e. The second kappa shape index (κ2) is 8.09. The Kier molecular flexibility index (Phi) is 5.85. The molecule has 1 fully saturated rings. The highest BCUT2D eigenvalue weighted by Crippen LogP contribution is 2.20. The first kappa shape index (κ1) is 18.1. The molecule has 1 aliphatic heterocycles. The normalized spacial score (nSPS) is 16.2. The highest BCUT2D eigenvalue weighted by Gasteiger charge is 2.15. The van der Waals surface area contributed by atoms with Crippen molar-refractivity contribution in [2.24, 2.45) is 0 Å². The lowest BCUT2D eigenvalue weighted by Crippen LogP contribution is -2.38. The van der Waals surface area contributed by atoms with E-state index in [9.17, 15) is 8.42 Å². The zero-order chi connectivity index (χ0) is 17.7. The Balaban J connectivity index is 1.52. The third-order valence-electron chi connectivity index (χ3n) is 4.13. The van der Waals surface area contributed by atoms with Crippen LogP contribution in [-0.4, -0.2) is 57.7 Å². The molecule has 1 aliphatic rings. The van der Waals surface area contributed by atoms with Gasteiger partial charge in [-0.2, -0.15) is 0 Å². The van der Waals surface area contributed by atoms with Crippen LogP contribution in [0.2, 0.25) is 0 Å². The average Bonchev–Trinajstić information content (AvgIpc) is 3.06. The number of aryl methyl sites for hydroxylation is 1. The van der Waals surface area contributed by atoms with Gasteiger partial charge in [-0.15, -0.1) is 0 Å². The molecule has 136 valence electrons. The fraction of sp³-hybridized carbons (Fsp3) is 0.471. The lowest BCUT2D eigenvalue weighted by molar-refractivity contribution is 0.0376. The van der Waals surface area contributed by atoms with Crippen molar-refractivity contribution in [1.82, 2.24) is 14.6 Å². The van der Waals surface area contributed by atoms with Gasteiger partial charge in [0.1, 0.15) is 12.0 Å². The summed E-state index contributed by atoms with van der Waals surface area (Å²) in [4.78, 5) is 6.77. The molecule has 0 atom stereocenters. The third-order valence-corrected chi connectivity index (χ3v) is 5.60. The molecule has 0 bridgehead atoms. The monoisotopic (exact) mass is 365 g/mol. The fourth-order valence-corrected chi connectivity index (χ4v) is 3.79. The van der Waals surface area contributed by atoms with Crippen LogP contribution in [0.5, 0.6) is 0 Å². The number of hydrogen-bond acceptors (Lipinski definition) is 6. The van der Waals surface area contributed by atoms with E-state index in [-0.39, 0.29) is 4.90 Å². The molecule has 0 saturated carbocycles. The molecule has 3 rings (SSSR count). The van der Waals surface area contributed by atoms with Gasteiger partial charge in [-0.25, -0.2) is 18.1 Å². The quantitative estimate of drug-likeness (QED) is 0.751. The predicted octanol–water partition coefficient (Wildman–Crippen LogP) is 1.65. The summed E-state index contributed by atoms with van der Waals surface area (Å²) >= 11 is 0. The molecular weight excluding hydrogens is 342 g/mol. The van der Waals surface area contributed by atoms with Gasteiger partial charge in [-0.3, -0.25) is 4.90 Å². The molecule has 1 aromatic carbocycles. The van der Waals surface area contributed by atoms with Gasteiger partial charge in [-0.1, -0.05) is 12.1 Å². The van der Waals surface area contributed by atoms with E-state index < -0.39 is 10.0 Å². The maximum Gasteiger partial charge on any atom is 0.240 e. The molecule has 1 N–H and O–H groups in total. The first-order chi connectivity index (χ1) is 12.0. The number of sulfonamides is 1. The summed E-state index contributed by atoms with van der Waals surface area (Å²) < 4.78 is 37.8. The third kappa shape index (κ3) is 4.88. The largest absolute Gasteiger partial charge is 0.449 e. The van der Waals surface area contributed by atoms with Crippen LogP contribution >= 0.6 is 0 Å². The van der Waals surface area contributed by atoms with Crippen molar-refractivity contribution in [3.63, 3.8) is 0 Å². The van der Waals surface area contributed by atoms with E-state index in [1.54, 1.807) is 37.5 Å². The van der Waals surface area contributed by atoms with Crippen molar-refractivity contribution >= 4 is 10.0 Å². The van der Waals surface area contributed by atoms with Crippen molar-refractivity contribution in [2.75, 3.05) is 39.4 Å². The number of benzene rings is 1. The van der Waals surface area contributed by atoms with Gasteiger partial charge in [0.25, 0.3) is 0 Å². The van der Waals surface area contributed by atoms with E-state index in [1.807, 2.05) is 0 Å². The van der Waals surface area contributed by atoms with Crippen LogP contribution in [0.25, 0.3) is 11.3 Å². The van der Waals surface area contributed by atoms with Crippen molar-refractivity contribution in [3.8, 4) is 11.3 Å². The number of morpholine rings is 1. The van der Waals surface area contributed by atoms with E-state index in [1.165, 1.54) is 0 Å². The van der Waals surface area contributed by atoms with Crippen LogP contribution in [0.4, 0.5) is 0 Å². The molecule has 1 saturated heterocycles. The van der Waals surface area contributed by atoms with Gasteiger partial charge in [0.2, 0.25) is 10.0 Å². The van der Waals surface area contributed by atoms with Gasteiger partial charge >= 0.3 is 0 Å². The second-order valence-electron chi connectivity index (χ2n) is 5.98. The van der Waals surface area contributed by atoms with E-state index >= 15 is 0 Å². The topological polar surface area (TPSA) is 84.7 Å². The molecule has 2 aromatic rings. The maximum absolute atomic E-state index is 12.4. The summed E-state index contributed by atoms with van der Waals surface area (Å²) in [7, 11) is -3.49. The highest BCUT2D eigenvalue weighted by molar-refractivity contribution is 7.89. The minimum absolute atomic E-state index is 0.253. The lowest BCUT2D eigenvalue weighted by atomic mass is 10.2. The molecule has 7 nitrogen and oxygen atoms in total. The summed E-state index contributed by atoms with van der Waals surface area (Å²) in [6.07, 6.45) is 2.33.